The average molecular weight is 248 g/mol. The van der Waals surface area contributed by atoms with Crippen LogP contribution in [0, 0.1) is 17.0 Å². The van der Waals surface area contributed by atoms with Gasteiger partial charge in [0.25, 0.3) is 5.69 Å². The van der Waals surface area contributed by atoms with Crippen LogP contribution in [-0.4, -0.2) is 24.8 Å². The highest BCUT2D eigenvalue weighted by molar-refractivity contribution is 5.69. The van der Waals surface area contributed by atoms with Crippen molar-refractivity contribution in [1.29, 1.82) is 0 Å². The lowest BCUT2D eigenvalue weighted by molar-refractivity contribution is -0.384. The number of hydrogen-bond donors (Lipinski definition) is 1. The summed E-state index contributed by atoms with van der Waals surface area (Å²) in [6.07, 6.45) is 0. The second kappa shape index (κ2) is 4.53. The molecule has 2 aromatic rings. The van der Waals surface area contributed by atoms with Crippen LogP contribution in [0.25, 0.3) is 11.4 Å². The Labute approximate surface area is 103 Å². The van der Waals surface area contributed by atoms with Crippen molar-refractivity contribution in [1.82, 2.24) is 14.8 Å². The minimum Gasteiger partial charge on any atom is -0.388 e. The Morgan fingerprint density at radius 1 is 1.44 bits per heavy atom. The lowest BCUT2D eigenvalue weighted by Gasteiger charge is -2.04. The number of aryl methyl sites for hydroxylation is 1. The molecule has 0 spiro atoms. The van der Waals surface area contributed by atoms with Gasteiger partial charge in [0, 0.05) is 13.1 Å². The molecule has 0 radical (unpaired) electrons. The van der Waals surface area contributed by atoms with Crippen LogP contribution in [0.2, 0.25) is 0 Å². The fraction of sp³-hybridized carbons (Fsp3) is 0.273. The molecule has 2 rings (SSSR count). The van der Waals surface area contributed by atoms with Gasteiger partial charge in [-0.05, 0) is 18.6 Å². The van der Waals surface area contributed by atoms with E-state index in [1.165, 1.54) is 6.07 Å². The fourth-order valence-electron chi connectivity index (χ4n) is 1.72. The van der Waals surface area contributed by atoms with Crippen molar-refractivity contribution in [3.8, 4) is 11.4 Å². The largest absolute Gasteiger partial charge is 0.388 e. The summed E-state index contributed by atoms with van der Waals surface area (Å²) in [6, 6.07) is 4.80. The van der Waals surface area contributed by atoms with E-state index in [0.717, 1.165) is 5.56 Å². The van der Waals surface area contributed by atoms with Gasteiger partial charge in [-0.15, -0.1) is 10.2 Å². The van der Waals surface area contributed by atoms with Crippen LogP contribution in [0.3, 0.4) is 0 Å². The average Bonchev–Trinajstić information content (AvgIpc) is 2.69. The van der Waals surface area contributed by atoms with E-state index >= 15 is 0 Å². The monoisotopic (exact) mass is 248 g/mol. The molecule has 1 aromatic carbocycles. The van der Waals surface area contributed by atoms with E-state index in [1.807, 2.05) is 6.92 Å². The molecule has 7 heteroatoms. The first-order chi connectivity index (χ1) is 8.54. The molecular formula is C11H12N4O3. The zero-order chi connectivity index (χ0) is 13.3. The van der Waals surface area contributed by atoms with Crippen molar-refractivity contribution in [2.45, 2.75) is 13.5 Å². The summed E-state index contributed by atoms with van der Waals surface area (Å²) >= 11 is 0. The molecule has 0 bridgehead atoms. The van der Waals surface area contributed by atoms with Crippen molar-refractivity contribution in [3.05, 3.63) is 39.7 Å². The summed E-state index contributed by atoms with van der Waals surface area (Å²) < 4.78 is 1.54. The predicted molar refractivity (Wildman–Crippen MR) is 63.8 cm³/mol. The Morgan fingerprint density at radius 2 is 2.17 bits per heavy atom. The number of aliphatic hydroxyl groups excluding tert-OH is 1. The van der Waals surface area contributed by atoms with Gasteiger partial charge in [-0.2, -0.15) is 0 Å². The van der Waals surface area contributed by atoms with Gasteiger partial charge in [-0.25, -0.2) is 0 Å². The van der Waals surface area contributed by atoms with Crippen LogP contribution in [-0.2, 0) is 13.7 Å². The van der Waals surface area contributed by atoms with Crippen molar-refractivity contribution in [2.75, 3.05) is 0 Å². The van der Waals surface area contributed by atoms with Crippen molar-refractivity contribution in [3.63, 3.8) is 0 Å². The quantitative estimate of drug-likeness (QED) is 0.650. The Hall–Kier alpha value is -2.28. The molecule has 18 heavy (non-hydrogen) atoms. The minimum absolute atomic E-state index is 0.0272. The van der Waals surface area contributed by atoms with Gasteiger partial charge in [0.1, 0.15) is 6.61 Å². The normalized spacial score (nSPS) is 10.6. The standard InChI is InChI=1S/C11H12N4O3/c1-7-3-4-9(15(17)18)8(5-7)11-13-12-10(6-16)14(11)2/h3-5,16H,6H2,1-2H3. The van der Waals surface area contributed by atoms with Gasteiger partial charge in [-0.3, -0.25) is 10.1 Å². The maximum absolute atomic E-state index is 11.0. The molecule has 0 aliphatic carbocycles. The van der Waals surface area contributed by atoms with Gasteiger partial charge < -0.3 is 9.67 Å². The SMILES string of the molecule is Cc1ccc([N+](=O)[O-])c(-c2nnc(CO)n2C)c1. The number of benzene rings is 1. The summed E-state index contributed by atoms with van der Waals surface area (Å²) in [6.45, 7) is 1.58. The molecule has 0 aliphatic rings. The second-order valence-electron chi connectivity index (χ2n) is 3.93. The molecule has 0 amide bonds. The van der Waals surface area contributed by atoms with Crippen molar-refractivity contribution >= 4 is 5.69 Å². The molecule has 0 atom stereocenters. The lowest BCUT2D eigenvalue weighted by Crippen LogP contribution is -2.01. The lowest BCUT2D eigenvalue weighted by atomic mass is 10.1. The number of rotatable bonds is 3. The first-order valence-corrected chi connectivity index (χ1v) is 5.29. The predicted octanol–water partition coefficient (Wildman–Crippen LogP) is 1.19. The molecular weight excluding hydrogens is 236 g/mol. The zero-order valence-electron chi connectivity index (χ0n) is 9.99. The van der Waals surface area contributed by atoms with E-state index in [2.05, 4.69) is 10.2 Å². The first kappa shape index (κ1) is 12.2. The van der Waals surface area contributed by atoms with Crippen LogP contribution in [0.15, 0.2) is 18.2 Å². The van der Waals surface area contributed by atoms with Gasteiger partial charge in [0.15, 0.2) is 11.6 Å². The summed E-state index contributed by atoms with van der Waals surface area (Å²) in [5, 5.41) is 27.7. The van der Waals surface area contributed by atoms with Crippen LogP contribution >= 0.6 is 0 Å². The Bertz CT molecular complexity index is 606. The Kier molecular flexibility index (Phi) is 3.07. The molecule has 7 nitrogen and oxygen atoms in total. The number of nitro benzene ring substituents is 1. The molecule has 0 fully saturated rings. The molecule has 1 N–H and O–H groups in total. The number of aromatic nitrogens is 3. The zero-order valence-corrected chi connectivity index (χ0v) is 9.99. The summed E-state index contributed by atoms with van der Waals surface area (Å²) in [4.78, 5) is 10.5. The fourth-order valence-corrected chi connectivity index (χ4v) is 1.72. The van der Waals surface area contributed by atoms with E-state index in [9.17, 15) is 10.1 Å². The first-order valence-electron chi connectivity index (χ1n) is 5.29. The van der Waals surface area contributed by atoms with E-state index in [-0.39, 0.29) is 12.3 Å². The highest BCUT2D eigenvalue weighted by atomic mass is 16.6. The minimum atomic E-state index is -0.456. The maximum atomic E-state index is 11.0. The Balaban J connectivity index is 2.65. The molecule has 1 heterocycles. The molecule has 0 unspecified atom stereocenters. The summed E-state index contributed by atoms with van der Waals surface area (Å²) in [5.41, 5.74) is 1.26. The summed E-state index contributed by atoms with van der Waals surface area (Å²) in [5.74, 6) is 0.732. The molecule has 94 valence electrons. The van der Waals surface area contributed by atoms with Gasteiger partial charge in [0.2, 0.25) is 0 Å². The number of hydrogen-bond acceptors (Lipinski definition) is 5. The van der Waals surface area contributed by atoms with Crippen LogP contribution in [0.4, 0.5) is 5.69 Å². The third-order valence-electron chi connectivity index (χ3n) is 2.70. The van der Waals surface area contributed by atoms with Gasteiger partial charge in [-0.1, -0.05) is 6.07 Å². The third-order valence-corrected chi connectivity index (χ3v) is 2.70. The Morgan fingerprint density at radius 3 is 2.72 bits per heavy atom. The summed E-state index contributed by atoms with van der Waals surface area (Å²) in [7, 11) is 1.66. The smallest absolute Gasteiger partial charge is 0.280 e. The molecule has 0 saturated carbocycles. The third kappa shape index (κ3) is 1.95. The van der Waals surface area contributed by atoms with Crippen molar-refractivity contribution < 1.29 is 10.0 Å². The van der Waals surface area contributed by atoms with Gasteiger partial charge >= 0.3 is 0 Å². The van der Waals surface area contributed by atoms with Gasteiger partial charge in [0.05, 0.1) is 10.5 Å². The van der Waals surface area contributed by atoms with E-state index in [4.69, 9.17) is 5.11 Å². The van der Waals surface area contributed by atoms with Crippen LogP contribution in [0.1, 0.15) is 11.4 Å². The van der Waals surface area contributed by atoms with E-state index < -0.39 is 4.92 Å². The van der Waals surface area contributed by atoms with Crippen LogP contribution < -0.4 is 0 Å². The highest BCUT2D eigenvalue weighted by Gasteiger charge is 2.20. The molecule has 0 saturated heterocycles. The topological polar surface area (TPSA) is 94.1 Å². The van der Waals surface area contributed by atoms with Crippen molar-refractivity contribution in [2.24, 2.45) is 7.05 Å². The highest BCUT2D eigenvalue weighted by Crippen LogP contribution is 2.29. The number of nitrogens with zero attached hydrogens (tertiary/aromatic N) is 4. The molecule has 0 aliphatic heterocycles. The van der Waals surface area contributed by atoms with Crippen LogP contribution in [0.5, 0.6) is 0 Å². The second-order valence-corrected chi connectivity index (χ2v) is 3.93. The number of aliphatic hydroxyl groups is 1. The van der Waals surface area contributed by atoms with E-state index in [0.29, 0.717) is 17.2 Å². The number of nitro groups is 1. The maximum Gasteiger partial charge on any atom is 0.280 e. The molecule has 1 aromatic heterocycles. The van der Waals surface area contributed by atoms with E-state index in [1.54, 1.807) is 23.7 Å².